The van der Waals surface area contributed by atoms with Gasteiger partial charge in [-0.2, -0.15) is 0 Å². The highest BCUT2D eigenvalue weighted by Crippen LogP contribution is 2.27. The van der Waals surface area contributed by atoms with Gasteiger partial charge in [0, 0.05) is 23.8 Å². The van der Waals surface area contributed by atoms with Crippen LogP contribution >= 0.6 is 22.7 Å². The molecule has 6 heteroatoms. The summed E-state index contributed by atoms with van der Waals surface area (Å²) in [6.45, 7) is 5.17. The molecule has 0 atom stereocenters. The van der Waals surface area contributed by atoms with Crippen molar-refractivity contribution in [3.63, 3.8) is 0 Å². The second-order valence-corrected chi connectivity index (χ2v) is 7.64. The van der Waals surface area contributed by atoms with Gasteiger partial charge in [-0.25, -0.2) is 4.98 Å². The maximum atomic E-state index is 4.76. The van der Waals surface area contributed by atoms with Crippen LogP contribution in [0.2, 0.25) is 0 Å². The lowest BCUT2D eigenvalue weighted by Crippen LogP contribution is -2.04. The third kappa shape index (κ3) is 3.17. The number of fused-ring (bicyclic) bond motifs is 1. The van der Waals surface area contributed by atoms with Crippen LogP contribution in [0.3, 0.4) is 0 Å². The van der Waals surface area contributed by atoms with Crippen LogP contribution in [0.25, 0.3) is 0 Å². The molecule has 0 radical (unpaired) electrons. The molecule has 2 aromatic heterocycles. The van der Waals surface area contributed by atoms with Gasteiger partial charge in [0.05, 0.1) is 10.7 Å². The summed E-state index contributed by atoms with van der Waals surface area (Å²) in [4.78, 5) is 6.28. The first kappa shape index (κ1) is 13.9. The van der Waals surface area contributed by atoms with Crippen molar-refractivity contribution in [2.24, 2.45) is 0 Å². The number of aryl methyl sites for hydroxylation is 2. The van der Waals surface area contributed by atoms with E-state index in [4.69, 9.17) is 4.98 Å². The van der Waals surface area contributed by atoms with E-state index < -0.39 is 0 Å². The van der Waals surface area contributed by atoms with Crippen LogP contribution in [-0.2, 0) is 19.3 Å². The Labute approximate surface area is 127 Å². The minimum atomic E-state index is 0.453. The lowest BCUT2D eigenvalue weighted by Gasteiger charge is -2.06. The maximum Gasteiger partial charge on any atom is 0.205 e. The summed E-state index contributed by atoms with van der Waals surface area (Å²) in [5.41, 5.74) is 1.36. The molecule has 108 valence electrons. The lowest BCUT2D eigenvalue weighted by molar-refractivity contribution is 0.680. The SMILES string of the molecule is CC(C)c1nnc(NCCc2nc3c(s2)CCCC3)s1. The number of anilines is 1. The minimum absolute atomic E-state index is 0.453. The predicted molar refractivity (Wildman–Crippen MR) is 84.9 cm³/mol. The zero-order chi connectivity index (χ0) is 13.9. The Morgan fingerprint density at radius 1 is 1.15 bits per heavy atom. The number of aromatic nitrogens is 3. The summed E-state index contributed by atoms with van der Waals surface area (Å²) in [5, 5.41) is 15.0. The molecule has 0 unspecified atom stereocenters. The molecule has 1 aliphatic rings. The molecule has 0 saturated carbocycles. The van der Waals surface area contributed by atoms with Crippen LogP contribution in [0.4, 0.5) is 5.13 Å². The smallest absolute Gasteiger partial charge is 0.205 e. The van der Waals surface area contributed by atoms with E-state index in [1.807, 2.05) is 11.3 Å². The molecule has 4 nitrogen and oxygen atoms in total. The van der Waals surface area contributed by atoms with E-state index in [0.29, 0.717) is 5.92 Å². The first-order valence-electron chi connectivity index (χ1n) is 7.27. The van der Waals surface area contributed by atoms with Crippen molar-refractivity contribution in [2.75, 3.05) is 11.9 Å². The highest BCUT2D eigenvalue weighted by molar-refractivity contribution is 7.15. The number of hydrogen-bond donors (Lipinski definition) is 1. The normalized spacial score (nSPS) is 14.6. The van der Waals surface area contributed by atoms with Crippen molar-refractivity contribution in [3.05, 3.63) is 20.6 Å². The average molecular weight is 308 g/mol. The predicted octanol–water partition coefficient (Wildman–Crippen LogP) is 3.65. The van der Waals surface area contributed by atoms with Gasteiger partial charge < -0.3 is 5.32 Å². The number of nitrogens with one attached hydrogen (secondary N) is 1. The Bertz CT molecular complexity index is 550. The number of nitrogens with zero attached hydrogens (tertiary/aromatic N) is 3. The van der Waals surface area contributed by atoms with Crippen LogP contribution in [0.5, 0.6) is 0 Å². The van der Waals surface area contributed by atoms with Gasteiger partial charge in [-0.15, -0.1) is 21.5 Å². The Balaban J connectivity index is 1.53. The molecule has 1 aliphatic carbocycles. The zero-order valence-corrected chi connectivity index (χ0v) is 13.6. The first-order valence-corrected chi connectivity index (χ1v) is 8.90. The summed E-state index contributed by atoms with van der Waals surface area (Å²) in [5.74, 6) is 0.453. The van der Waals surface area contributed by atoms with Crippen molar-refractivity contribution in [3.8, 4) is 0 Å². The highest BCUT2D eigenvalue weighted by atomic mass is 32.1. The Kier molecular flexibility index (Phi) is 4.31. The van der Waals surface area contributed by atoms with Crippen molar-refractivity contribution in [2.45, 2.75) is 51.9 Å². The van der Waals surface area contributed by atoms with E-state index in [1.165, 1.54) is 41.3 Å². The van der Waals surface area contributed by atoms with E-state index in [2.05, 4.69) is 29.4 Å². The summed E-state index contributed by atoms with van der Waals surface area (Å²) in [6.07, 6.45) is 6.02. The van der Waals surface area contributed by atoms with E-state index in [1.54, 1.807) is 11.3 Å². The second kappa shape index (κ2) is 6.18. The van der Waals surface area contributed by atoms with Crippen LogP contribution < -0.4 is 5.32 Å². The van der Waals surface area contributed by atoms with Gasteiger partial charge in [0.2, 0.25) is 5.13 Å². The van der Waals surface area contributed by atoms with E-state index in [0.717, 1.165) is 23.1 Å². The Hall–Kier alpha value is -1.01. The topological polar surface area (TPSA) is 50.7 Å². The molecule has 0 fully saturated rings. The molecule has 2 heterocycles. The summed E-state index contributed by atoms with van der Waals surface area (Å²) >= 11 is 3.55. The summed E-state index contributed by atoms with van der Waals surface area (Å²) < 4.78 is 0. The fraction of sp³-hybridized carbons (Fsp3) is 0.643. The molecule has 0 saturated heterocycles. The highest BCUT2D eigenvalue weighted by Gasteiger charge is 2.15. The molecular formula is C14H20N4S2. The fourth-order valence-corrected chi connectivity index (χ4v) is 4.26. The van der Waals surface area contributed by atoms with Gasteiger partial charge in [-0.3, -0.25) is 0 Å². The number of thiazole rings is 1. The molecule has 0 aliphatic heterocycles. The molecule has 1 N–H and O–H groups in total. The summed E-state index contributed by atoms with van der Waals surface area (Å²) in [6, 6.07) is 0. The third-order valence-corrected chi connectivity index (χ3v) is 5.84. The molecule has 20 heavy (non-hydrogen) atoms. The van der Waals surface area contributed by atoms with Crippen LogP contribution in [0, 0.1) is 0 Å². The molecule has 0 bridgehead atoms. The minimum Gasteiger partial charge on any atom is -0.360 e. The van der Waals surface area contributed by atoms with Crippen LogP contribution in [0.1, 0.15) is 53.2 Å². The maximum absolute atomic E-state index is 4.76. The number of rotatable bonds is 5. The quantitative estimate of drug-likeness (QED) is 0.916. The second-order valence-electron chi connectivity index (χ2n) is 5.46. The van der Waals surface area contributed by atoms with Crippen molar-refractivity contribution in [1.29, 1.82) is 0 Å². The third-order valence-electron chi connectivity index (χ3n) is 3.44. The van der Waals surface area contributed by atoms with Crippen molar-refractivity contribution in [1.82, 2.24) is 15.2 Å². The van der Waals surface area contributed by atoms with Gasteiger partial charge in [0.15, 0.2) is 0 Å². The van der Waals surface area contributed by atoms with E-state index in [9.17, 15) is 0 Å². The zero-order valence-electron chi connectivity index (χ0n) is 12.0. The van der Waals surface area contributed by atoms with E-state index in [-0.39, 0.29) is 0 Å². The van der Waals surface area contributed by atoms with Gasteiger partial charge in [0.25, 0.3) is 0 Å². The molecule has 3 rings (SSSR count). The van der Waals surface area contributed by atoms with Crippen LogP contribution in [-0.4, -0.2) is 21.7 Å². The largest absolute Gasteiger partial charge is 0.360 e. The summed E-state index contributed by atoms with van der Waals surface area (Å²) in [7, 11) is 0. The molecule has 0 aromatic carbocycles. The van der Waals surface area contributed by atoms with Crippen LogP contribution in [0.15, 0.2) is 0 Å². The standard InChI is InChI=1S/C14H20N4S2/c1-9(2)13-17-18-14(20-13)15-8-7-12-16-10-5-3-4-6-11(10)19-12/h9H,3-8H2,1-2H3,(H,15,18). The molecule has 0 amide bonds. The van der Waals surface area contributed by atoms with Crippen molar-refractivity contribution < 1.29 is 0 Å². The Morgan fingerprint density at radius 2 is 2.00 bits per heavy atom. The average Bonchev–Trinajstić information content (AvgIpc) is 3.04. The number of hydrogen-bond acceptors (Lipinski definition) is 6. The fourth-order valence-electron chi connectivity index (χ4n) is 2.33. The van der Waals surface area contributed by atoms with Gasteiger partial charge in [0.1, 0.15) is 5.01 Å². The van der Waals surface area contributed by atoms with Crippen molar-refractivity contribution >= 4 is 27.8 Å². The monoisotopic (exact) mass is 308 g/mol. The first-order chi connectivity index (χ1) is 9.72. The van der Waals surface area contributed by atoms with Gasteiger partial charge in [-0.1, -0.05) is 25.2 Å². The Morgan fingerprint density at radius 3 is 2.75 bits per heavy atom. The lowest BCUT2D eigenvalue weighted by atomic mass is 10.0. The van der Waals surface area contributed by atoms with Gasteiger partial charge >= 0.3 is 0 Å². The molecular weight excluding hydrogens is 288 g/mol. The van der Waals surface area contributed by atoms with E-state index >= 15 is 0 Å². The molecule has 2 aromatic rings. The van der Waals surface area contributed by atoms with Gasteiger partial charge in [-0.05, 0) is 25.7 Å². The molecule has 0 spiro atoms.